The fourth-order valence-electron chi connectivity index (χ4n) is 2.62. The number of hydrogen-bond acceptors (Lipinski definition) is 5. The summed E-state index contributed by atoms with van der Waals surface area (Å²) in [4.78, 5) is 12.0. The number of rotatable bonds is 6. The maximum atomic E-state index is 13.3. The molecule has 0 aliphatic carbocycles. The van der Waals surface area contributed by atoms with E-state index in [0.29, 0.717) is 17.9 Å². The molecule has 0 bridgehead atoms. The van der Waals surface area contributed by atoms with E-state index in [2.05, 4.69) is 15.2 Å². The molecule has 1 unspecified atom stereocenters. The van der Waals surface area contributed by atoms with E-state index in [0.717, 1.165) is 6.07 Å². The van der Waals surface area contributed by atoms with Crippen LogP contribution in [0.4, 0.5) is 29.1 Å². The zero-order valence-electron chi connectivity index (χ0n) is 15.8. The minimum atomic E-state index is -4.88. The average molecular weight is 457 g/mol. The van der Waals surface area contributed by atoms with E-state index in [-0.39, 0.29) is 22.0 Å². The van der Waals surface area contributed by atoms with Gasteiger partial charge in [0.15, 0.2) is 15.3 Å². The van der Waals surface area contributed by atoms with Gasteiger partial charge >= 0.3 is 6.18 Å². The molecule has 3 aromatic rings. The maximum absolute atomic E-state index is 13.3. The van der Waals surface area contributed by atoms with Crippen molar-refractivity contribution in [1.82, 2.24) is 5.16 Å². The number of halogens is 4. The second-order valence-electron chi connectivity index (χ2n) is 6.49. The molecule has 1 aromatic heterocycles. The summed E-state index contributed by atoms with van der Waals surface area (Å²) in [6, 6.07) is 8.77. The van der Waals surface area contributed by atoms with Crippen molar-refractivity contribution in [2.75, 3.05) is 10.0 Å². The molecule has 1 amide bonds. The van der Waals surface area contributed by atoms with Crippen molar-refractivity contribution >= 4 is 27.8 Å². The molecule has 164 valence electrons. The Labute approximate surface area is 174 Å². The lowest BCUT2D eigenvalue weighted by Gasteiger charge is -2.14. The van der Waals surface area contributed by atoms with Crippen LogP contribution in [0.5, 0.6) is 0 Å². The summed E-state index contributed by atoms with van der Waals surface area (Å²) in [6.45, 7) is 1.60. The number of aryl methyl sites for hydroxylation is 1. The van der Waals surface area contributed by atoms with Crippen LogP contribution >= 0.6 is 0 Å². The molecule has 0 saturated heterocycles. The van der Waals surface area contributed by atoms with Crippen molar-refractivity contribution in [3.05, 3.63) is 71.2 Å². The van der Waals surface area contributed by atoms with E-state index in [4.69, 9.17) is 4.52 Å². The van der Waals surface area contributed by atoms with E-state index in [1.54, 1.807) is 6.92 Å². The number of amides is 1. The normalized spacial score (nSPS) is 13.5. The van der Waals surface area contributed by atoms with Crippen molar-refractivity contribution in [1.29, 1.82) is 0 Å². The number of aromatic nitrogens is 1. The second-order valence-corrected chi connectivity index (χ2v) is 8.17. The Morgan fingerprint density at radius 2 is 1.84 bits per heavy atom. The molecule has 0 radical (unpaired) electrons. The molecule has 7 nitrogen and oxygen atoms in total. The summed E-state index contributed by atoms with van der Waals surface area (Å²) in [6.07, 6.45) is -5.31. The fraction of sp³-hybridized carbons (Fsp3) is 0.158. The molecular formula is C19H15F4N3O4S. The number of nitrogens with zero attached hydrogens (tertiary/aromatic N) is 1. The summed E-state index contributed by atoms with van der Waals surface area (Å²) in [5.74, 6) is -1.67. The van der Waals surface area contributed by atoms with Crippen molar-refractivity contribution in [2.24, 2.45) is 0 Å². The Hall–Kier alpha value is -3.25. The molecule has 0 saturated carbocycles. The molecule has 1 heterocycles. The quantitative estimate of drug-likeness (QED) is 0.423. The smallest absolute Gasteiger partial charge is 0.419 e. The Balaban J connectivity index is 1.66. The molecular weight excluding hydrogens is 442 g/mol. The van der Waals surface area contributed by atoms with Crippen molar-refractivity contribution < 1.29 is 35.6 Å². The monoisotopic (exact) mass is 457 g/mol. The first-order chi connectivity index (χ1) is 14.4. The van der Waals surface area contributed by atoms with Crippen molar-refractivity contribution in [3.63, 3.8) is 0 Å². The molecule has 3 rings (SSSR count). The fourth-order valence-corrected chi connectivity index (χ4v) is 3.60. The number of benzene rings is 2. The zero-order valence-corrected chi connectivity index (χ0v) is 16.6. The first-order valence-corrected chi connectivity index (χ1v) is 10.1. The lowest BCUT2D eigenvalue weighted by molar-refractivity contribution is -0.140. The average Bonchev–Trinajstić information content (AvgIpc) is 3.06. The van der Waals surface area contributed by atoms with Gasteiger partial charge in [0, 0.05) is 11.8 Å². The molecule has 0 aliphatic heterocycles. The first kappa shape index (κ1) is 22.4. The molecule has 2 aromatic carbocycles. The first-order valence-electron chi connectivity index (χ1n) is 8.66. The Morgan fingerprint density at radius 3 is 2.42 bits per heavy atom. The molecule has 1 atom stereocenters. The number of sulfonamides is 1. The van der Waals surface area contributed by atoms with Crippen LogP contribution < -0.4 is 10.0 Å². The Bertz CT molecular complexity index is 1150. The topological polar surface area (TPSA) is 107 Å². The second kappa shape index (κ2) is 8.47. The summed E-state index contributed by atoms with van der Waals surface area (Å²) in [5, 5.41) is 5.97. The number of anilines is 2. The third-order valence-electron chi connectivity index (χ3n) is 4.02. The van der Waals surface area contributed by atoms with Gasteiger partial charge in [-0.05, 0) is 48.9 Å². The minimum Gasteiger partial charge on any atom is -0.588 e. The van der Waals surface area contributed by atoms with E-state index in [9.17, 15) is 31.1 Å². The van der Waals surface area contributed by atoms with Gasteiger partial charge in [0.25, 0.3) is 0 Å². The number of alkyl halides is 3. The molecule has 0 fully saturated rings. The van der Waals surface area contributed by atoms with Crippen LogP contribution in [0.15, 0.2) is 57.9 Å². The predicted molar refractivity (Wildman–Crippen MR) is 102 cm³/mol. The predicted octanol–water partition coefficient (Wildman–Crippen LogP) is 4.34. The van der Waals surface area contributed by atoms with Gasteiger partial charge in [-0.3, -0.25) is 4.79 Å². The SMILES string of the molecule is Cc1cc(N[S+](=O)([O-])c2ccc(NC(=O)Cc3ccc(F)c(C(F)(F)F)c3)cc2)no1. The van der Waals surface area contributed by atoms with Gasteiger partial charge in [0.1, 0.15) is 11.6 Å². The largest absolute Gasteiger partial charge is 0.588 e. The van der Waals surface area contributed by atoms with Gasteiger partial charge < -0.3 is 14.4 Å². The standard InChI is InChI=1S/C19H15F4N3O4S/c1-11-8-17(25-30-11)26-31(28,29)14-5-3-13(4-6-14)24-18(27)10-12-2-7-16(20)15(9-12)19(21,22)23/h2-9H,10H2,1H3,(H2-,24,25,26,27,28,29). The van der Waals surface area contributed by atoms with E-state index >= 15 is 0 Å². The highest BCUT2D eigenvalue weighted by Crippen LogP contribution is 2.32. The van der Waals surface area contributed by atoms with E-state index in [1.165, 1.54) is 30.3 Å². The van der Waals surface area contributed by atoms with Gasteiger partial charge in [0.05, 0.1) is 12.0 Å². The number of carbonyl (C=O) groups excluding carboxylic acids is 1. The molecule has 0 spiro atoms. The van der Waals surface area contributed by atoms with Crippen LogP contribution in [0.3, 0.4) is 0 Å². The Kier molecular flexibility index (Phi) is 6.13. The Morgan fingerprint density at radius 1 is 1.16 bits per heavy atom. The summed E-state index contributed by atoms with van der Waals surface area (Å²) < 4.78 is 83.3. The molecule has 12 heteroatoms. The summed E-state index contributed by atoms with van der Waals surface area (Å²) in [7, 11) is -3.94. The highest BCUT2D eigenvalue weighted by molar-refractivity contribution is 7.98. The van der Waals surface area contributed by atoms with Crippen molar-refractivity contribution in [3.8, 4) is 0 Å². The molecule has 0 aliphatic rings. The lowest BCUT2D eigenvalue weighted by atomic mass is 10.1. The number of hydrogen-bond donors (Lipinski definition) is 2. The van der Waals surface area contributed by atoms with Crippen LogP contribution in [0.25, 0.3) is 0 Å². The number of carbonyl (C=O) groups is 1. The molecule has 31 heavy (non-hydrogen) atoms. The highest BCUT2D eigenvalue weighted by atomic mass is 32.3. The summed E-state index contributed by atoms with van der Waals surface area (Å²) in [5.41, 5.74) is -1.26. The third kappa shape index (κ3) is 5.67. The van der Waals surface area contributed by atoms with Crippen LogP contribution in [-0.4, -0.2) is 15.6 Å². The minimum absolute atomic E-state index is 0.00685. The zero-order chi connectivity index (χ0) is 22.8. The van der Waals surface area contributed by atoms with Gasteiger partial charge in [0.2, 0.25) is 11.7 Å². The highest BCUT2D eigenvalue weighted by Gasteiger charge is 2.34. The number of nitrogens with one attached hydrogen (secondary N) is 2. The maximum Gasteiger partial charge on any atom is 0.419 e. The summed E-state index contributed by atoms with van der Waals surface area (Å²) >= 11 is 0. The van der Waals surface area contributed by atoms with Crippen molar-refractivity contribution in [2.45, 2.75) is 24.4 Å². The van der Waals surface area contributed by atoms with Gasteiger partial charge in [-0.1, -0.05) is 15.4 Å². The lowest BCUT2D eigenvalue weighted by Crippen LogP contribution is -2.21. The van der Waals surface area contributed by atoms with E-state index in [1.807, 2.05) is 0 Å². The van der Waals surface area contributed by atoms with E-state index < -0.39 is 40.3 Å². The van der Waals surface area contributed by atoms with Crippen LogP contribution in [0.2, 0.25) is 0 Å². The van der Waals surface area contributed by atoms with Crippen LogP contribution in [0.1, 0.15) is 16.9 Å². The van der Waals surface area contributed by atoms with Crippen LogP contribution in [-0.2, 0) is 32.0 Å². The van der Waals surface area contributed by atoms with Crippen LogP contribution in [0, 0.1) is 12.7 Å². The van der Waals surface area contributed by atoms with Gasteiger partial charge in [-0.2, -0.15) is 17.9 Å². The van der Waals surface area contributed by atoms with Gasteiger partial charge in [-0.15, -0.1) is 0 Å². The third-order valence-corrected chi connectivity index (χ3v) is 5.39. The molecule has 2 N–H and O–H groups in total. The van der Waals surface area contributed by atoms with Gasteiger partial charge in [-0.25, -0.2) is 4.39 Å².